The maximum absolute atomic E-state index is 15.4. The van der Waals surface area contributed by atoms with Gasteiger partial charge in [0.2, 0.25) is 0 Å². The van der Waals surface area contributed by atoms with Crippen LogP contribution in [0.3, 0.4) is 0 Å². The number of hydrogen-bond donors (Lipinski definition) is 0. The minimum Gasteiger partial charge on any atom is -0.308 e. The third-order valence-electron chi connectivity index (χ3n) is 10.6. The molecule has 0 aliphatic rings. The van der Waals surface area contributed by atoms with Gasteiger partial charge < -0.3 is 9.13 Å². The van der Waals surface area contributed by atoms with Crippen molar-refractivity contribution in [3.63, 3.8) is 0 Å². The minimum atomic E-state index is -4.85. The molecule has 0 unspecified atom stereocenters. The van der Waals surface area contributed by atoms with E-state index in [1.54, 1.807) is 36.8 Å². The molecule has 0 spiro atoms. The number of aromatic nitrogens is 5. The fraction of sp³-hybridized carbons (Fsp3) is 0.0208. The molecule has 0 radical (unpaired) electrons. The van der Waals surface area contributed by atoms with Crippen LogP contribution in [0.2, 0.25) is 0 Å². The van der Waals surface area contributed by atoms with Gasteiger partial charge in [-0.25, -0.2) is 9.97 Å². The van der Waals surface area contributed by atoms with Gasteiger partial charge in [-0.1, -0.05) is 72.8 Å². The number of pyridine rings is 1. The molecule has 58 heavy (non-hydrogen) atoms. The number of benzene rings is 6. The Hall–Kier alpha value is -8.08. The van der Waals surface area contributed by atoms with Crippen molar-refractivity contribution < 1.29 is 13.2 Å². The van der Waals surface area contributed by atoms with Crippen molar-refractivity contribution in [1.29, 1.82) is 10.5 Å². The Morgan fingerprint density at radius 3 is 1.64 bits per heavy atom. The molecule has 0 atom stereocenters. The van der Waals surface area contributed by atoms with Crippen molar-refractivity contribution in [2.45, 2.75) is 6.18 Å². The first-order valence-electron chi connectivity index (χ1n) is 18.3. The van der Waals surface area contributed by atoms with Gasteiger partial charge in [0, 0.05) is 62.4 Å². The molecule has 4 aromatic heterocycles. The number of nitrogens with zero attached hydrogens (tertiary/aromatic N) is 7. The van der Waals surface area contributed by atoms with E-state index in [4.69, 9.17) is 0 Å². The molecule has 0 fully saturated rings. The Balaban J connectivity index is 1.43. The van der Waals surface area contributed by atoms with Gasteiger partial charge in [-0.2, -0.15) is 23.7 Å². The van der Waals surface area contributed by atoms with E-state index in [-0.39, 0.29) is 27.9 Å². The molecular weight excluding hydrogens is 732 g/mol. The number of hydrogen-bond acceptors (Lipinski definition) is 5. The van der Waals surface area contributed by atoms with Crippen LogP contribution in [0.1, 0.15) is 16.7 Å². The van der Waals surface area contributed by atoms with Crippen molar-refractivity contribution in [3.8, 4) is 57.3 Å². The van der Waals surface area contributed by atoms with E-state index in [9.17, 15) is 10.5 Å². The average molecular weight is 758 g/mol. The van der Waals surface area contributed by atoms with Crippen molar-refractivity contribution in [2.75, 3.05) is 0 Å². The van der Waals surface area contributed by atoms with E-state index in [0.717, 1.165) is 33.2 Å². The van der Waals surface area contributed by atoms with Gasteiger partial charge in [0.15, 0.2) is 5.82 Å². The zero-order chi connectivity index (χ0) is 39.5. The second kappa shape index (κ2) is 13.3. The summed E-state index contributed by atoms with van der Waals surface area (Å²) < 4.78 is 50.1. The molecule has 0 bridgehead atoms. The van der Waals surface area contributed by atoms with Crippen LogP contribution < -0.4 is 0 Å². The highest BCUT2D eigenvalue weighted by Crippen LogP contribution is 2.48. The number of fused-ring (bicyclic) bond motifs is 6. The van der Waals surface area contributed by atoms with Gasteiger partial charge in [-0.05, 0) is 66.7 Å². The van der Waals surface area contributed by atoms with E-state index in [1.165, 1.54) is 12.1 Å². The quantitative estimate of drug-likeness (QED) is 0.174. The molecule has 7 nitrogen and oxygen atoms in total. The summed E-state index contributed by atoms with van der Waals surface area (Å²) in [6.07, 6.45) is 0.140. The van der Waals surface area contributed by atoms with E-state index in [0.29, 0.717) is 44.8 Å². The monoisotopic (exact) mass is 757 g/mol. The molecule has 274 valence electrons. The summed E-state index contributed by atoms with van der Waals surface area (Å²) >= 11 is 0. The molecule has 0 saturated heterocycles. The number of nitriles is 2. The van der Waals surface area contributed by atoms with Crippen LogP contribution in [-0.4, -0.2) is 24.1 Å². The third-order valence-corrected chi connectivity index (χ3v) is 10.6. The zero-order valence-electron chi connectivity index (χ0n) is 30.3. The highest BCUT2D eigenvalue weighted by molar-refractivity contribution is 6.13. The highest BCUT2D eigenvalue weighted by Gasteiger charge is 2.37. The third kappa shape index (κ3) is 5.39. The Bertz CT molecular complexity index is 3170. The Morgan fingerprint density at radius 2 is 1.05 bits per heavy atom. The first-order chi connectivity index (χ1) is 28.3. The molecule has 10 aromatic rings. The number of alkyl halides is 3. The van der Waals surface area contributed by atoms with Gasteiger partial charge in [0.05, 0.1) is 68.0 Å². The van der Waals surface area contributed by atoms with Crippen molar-refractivity contribution in [3.05, 3.63) is 175 Å². The summed E-state index contributed by atoms with van der Waals surface area (Å²) in [5.74, 6) is 0.469. The molecule has 0 amide bonds. The lowest BCUT2D eigenvalue weighted by atomic mass is 9.90. The molecule has 6 aromatic carbocycles. The Morgan fingerprint density at radius 1 is 0.483 bits per heavy atom. The zero-order valence-corrected chi connectivity index (χ0v) is 30.3. The second-order valence-electron chi connectivity index (χ2n) is 13.8. The normalized spacial score (nSPS) is 11.7. The standard InChI is InChI=1S/C48H26F3N7/c49-48(50,51)37-12-7-9-32(28-53)45(37)46-43(57-39-14-3-1-10-33(39)35-18-16-30(25-41(35)57)38-13-5-6-20-54-38)23-29(27-52)24-44(46)58-40-15-4-2-11-34(40)36-19-17-31(26-42(36)58)47-55-21-8-22-56-47/h1-26H. The summed E-state index contributed by atoms with van der Waals surface area (Å²) in [6, 6.07) is 45.6. The predicted octanol–water partition coefficient (Wildman–Crippen LogP) is 11.8. The van der Waals surface area contributed by atoms with Crippen LogP contribution in [0.4, 0.5) is 13.2 Å². The predicted molar refractivity (Wildman–Crippen MR) is 219 cm³/mol. The van der Waals surface area contributed by atoms with Crippen LogP contribution in [0.15, 0.2) is 158 Å². The van der Waals surface area contributed by atoms with E-state index in [2.05, 4.69) is 27.1 Å². The SMILES string of the molecule is N#Cc1cc(-n2c3ccccc3c3ccc(-c4ccccn4)cc32)c(-c2c(C#N)cccc2C(F)(F)F)c(-n2c3ccccc3c3ccc(-c4ncccn4)cc32)c1. The first kappa shape index (κ1) is 34.4. The smallest absolute Gasteiger partial charge is 0.308 e. The van der Waals surface area contributed by atoms with Crippen LogP contribution in [0.25, 0.3) is 88.8 Å². The van der Waals surface area contributed by atoms with Gasteiger partial charge >= 0.3 is 6.18 Å². The molecule has 10 heteroatoms. The Labute approximate surface area is 328 Å². The fourth-order valence-corrected chi connectivity index (χ4v) is 8.18. The maximum atomic E-state index is 15.4. The topological polar surface area (TPSA) is 96.1 Å². The Kier molecular flexibility index (Phi) is 7.89. The van der Waals surface area contributed by atoms with E-state index >= 15 is 13.2 Å². The van der Waals surface area contributed by atoms with Gasteiger partial charge in [0.25, 0.3) is 0 Å². The molecule has 0 aliphatic heterocycles. The van der Waals surface area contributed by atoms with Crippen LogP contribution in [0.5, 0.6) is 0 Å². The van der Waals surface area contributed by atoms with Gasteiger partial charge in [-0.3, -0.25) is 4.98 Å². The van der Waals surface area contributed by atoms with Crippen molar-refractivity contribution in [1.82, 2.24) is 24.1 Å². The van der Waals surface area contributed by atoms with Crippen LogP contribution in [-0.2, 0) is 6.18 Å². The number of rotatable bonds is 5. The summed E-state index contributed by atoms with van der Waals surface area (Å²) in [7, 11) is 0. The van der Waals surface area contributed by atoms with Crippen LogP contribution in [0, 0.1) is 22.7 Å². The lowest BCUT2D eigenvalue weighted by Gasteiger charge is -2.24. The fourth-order valence-electron chi connectivity index (χ4n) is 8.18. The number of halogens is 3. The summed E-state index contributed by atoms with van der Waals surface area (Å²) in [5.41, 5.74) is 4.37. The largest absolute Gasteiger partial charge is 0.417 e. The summed E-state index contributed by atoms with van der Waals surface area (Å²) in [6.45, 7) is 0. The number of para-hydroxylation sites is 2. The second-order valence-corrected chi connectivity index (χ2v) is 13.8. The van der Waals surface area contributed by atoms with Gasteiger partial charge in [-0.15, -0.1) is 0 Å². The van der Waals surface area contributed by atoms with Crippen molar-refractivity contribution in [2.24, 2.45) is 0 Å². The van der Waals surface area contributed by atoms with Crippen molar-refractivity contribution >= 4 is 43.6 Å². The molecule has 0 aliphatic carbocycles. The van der Waals surface area contributed by atoms with E-state index in [1.807, 2.05) is 112 Å². The summed E-state index contributed by atoms with van der Waals surface area (Å²) in [4.78, 5) is 13.5. The maximum Gasteiger partial charge on any atom is 0.417 e. The lowest BCUT2D eigenvalue weighted by molar-refractivity contribution is -0.137. The molecule has 0 N–H and O–H groups in total. The lowest BCUT2D eigenvalue weighted by Crippen LogP contribution is -2.12. The van der Waals surface area contributed by atoms with Gasteiger partial charge in [0.1, 0.15) is 0 Å². The average Bonchev–Trinajstić information content (AvgIpc) is 3.78. The molecule has 10 rings (SSSR count). The molecule has 4 heterocycles. The molecule has 0 saturated carbocycles. The van der Waals surface area contributed by atoms with Crippen LogP contribution >= 0.6 is 0 Å². The molecular formula is C48H26F3N7. The first-order valence-corrected chi connectivity index (χ1v) is 18.3. The minimum absolute atomic E-state index is 0.124. The highest BCUT2D eigenvalue weighted by atomic mass is 19.4. The summed E-state index contributed by atoms with van der Waals surface area (Å²) in [5, 5.41) is 24.7. The van der Waals surface area contributed by atoms with E-state index < -0.39 is 11.7 Å².